The van der Waals surface area contributed by atoms with Gasteiger partial charge in [0.05, 0.1) is 41.1 Å². The van der Waals surface area contributed by atoms with Crippen LogP contribution in [-0.4, -0.2) is 21.8 Å². The van der Waals surface area contributed by atoms with Crippen LogP contribution in [0.3, 0.4) is 0 Å². The third-order valence-corrected chi connectivity index (χ3v) is 4.25. The predicted molar refractivity (Wildman–Crippen MR) is 87.7 cm³/mol. The molecular weight excluding hydrogens is 341 g/mol. The number of hydrogen-bond acceptors (Lipinski definition) is 5. The zero-order valence-corrected chi connectivity index (χ0v) is 14.2. The van der Waals surface area contributed by atoms with E-state index in [4.69, 9.17) is 32.5 Å². The fraction of sp³-hybridized carbons (Fsp3) is 0.267. The first-order chi connectivity index (χ1) is 10.9. The highest BCUT2D eigenvalue weighted by Crippen LogP contribution is 2.35. The molecule has 0 saturated heterocycles. The molecule has 0 aliphatic heterocycles. The number of aryl methyl sites for hydroxylation is 2. The molecule has 0 bridgehead atoms. The normalized spacial score (nSPS) is 11.2. The zero-order valence-electron chi connectivity index (χ0n) is 12.7. The second-order valence-corrected chi connectivity index (χ2v) is 5.89. The monoisotopic (exact) mass is 353 g/mol. The van der Waals surface area contributed by atoms with E-state index in [1.54, 1.807) is 6.92 Å². The average molecular weight is 354 g/mol. The summed E-state index contributed by atoms with van der Waals surface area (Å²) in [5.74, 6) is 0.988. The lowest BCUT2D eigenvalue weighted by atomic mass is 10.2. The average Bonchev–Trinajstić information content (AvgIpc) is 2.81. The number of rotatable bonds is 3. The molecule has 0 saturated carbocycles. The van der Waals surface area contributed by atoms with Crippen LogP contribution in [0, 0.1) is 13.8 Å². The summed E-state index contributed by atoms with van der Waals surface area (Å²) < 4.78 is 11.8. The predicted octanol–water partition coefficient (Wildman–Crippen LogP) is 3.37. The van der Waals surface area contributed by atoms with E-state index in [9.17, 15) is 4.79 Å². The molecule has 0 fully saturated rings. The van der Waals surface area contributed by atoms with Crippen LogP contribution < -0.4 is 10.3 Å². The number of methoxy groups -OCH3 is 1. The molecular formula is C15H13Cl2N3O3. The van der Waals surface area contributed by atoms with Crippen LogP contribution in [0.1, 0.15) is 17.0 Å². The fourth-order valence-corrected chi connectivity index (χ4v) is 3.05. The molecule has 8 heteroatoms. The van der Waals surface area contributed by atoms with Crippen LogP contribution in [0.4, 0.5) is 0 Å². The summed E-state index contributed by atoms with van der Waals surface area (Å²) in [6, 6.07) is 1.48. The Labute approximate surface area is 141 Å². The highest BCUT2D eigenvalue weighted by molar-refractivity contribution is 6.39. The maximum atomic E-state index is 12.8. The van der Waals surface area contributed by atoms with Gasteiger partial charge in [-0.05, 0) is 19.9 Å². The molecule has 2 aromatic heterocycles. The number of nitrogens with zero attached hydrogens (tertiary/aromatic N) is 3. The Morgan fingerprint density at radius 3 is 2.65 bits per heavy atom. The molecule has 0 aliphatic carbocycles. The van der Waals surface area contributed by atoms with Crippen LogP contribution in [0.25, 0.3) is 10.9 Å². The summed E-state index contributed by atoms with van der Waals surface area (Å²) in [6.07, 6.45) is 1.44. The van der Waals surface area contributed by atoms with E-state index < -0.39 is 0 Å². The lowest BCUT2D eigenvalue weighted by Crippen LogP contribution is -2.22. The van der Waals surface area contributed by atoms with Crippen LogP contribution in [-0.2, 0) is 6.54 Å². The number of halogens is 2. The molecule has 0 spiro atoms. The van der Waals surface area contributed by atoms with Crippen LogP contribution >= 0.6 is 23.2 Å². The van der Waals surface area contributed by atoms with E-state index >= 15 is 0 Å². The summed E-state index contributed by atoms with van der Waals surface area (Å²) in [5, 5.41) is 4.69. The van der Waals surface area contributed by atoms with E-state index in [0.29, 0.717) is 28.6 Å². The van der Waals surface area contributed by atoms with Gasteiger partial charge in [-0.25, -0.2) is 4.98 Å². The Balaban J connectivity index is 2.22. The number of fused-ring (bicyclic) bond motifs is 1. The first-order valence-electron chi connectivity index (χ1n) is 6.77. The molecule has 3 aromatic rings. The minimum atomic E-state index is -0.282. The van der Waals surface area contributed by atoms with Gasteiger partial charge in [-0.3, -0.25) is 9.36 Å². The number of ether oxygens (including phenoxy) is 1. The Kier molecular flexibility index (Phi) is 4.04. The van der Waals surface area contributed by atoms with Gasteiger partial charge in [0, 0.05) is 5.56 Å². The van der Waals surface area contributed by atoms with E-state index in [1.807, 2.05) is 6.92 Å². The lowest BCUT2D eigenvalue weighted by molar-refractivity contribution is 0.392. The van der Waals surface area contributed by atoms with Crippen molar-refractivity contribution in [2.75, 3.05) is 7.11 Å². The molecule has 0 amide bonds. The summed E-state index contributed by atoms with van der Waals surface area (Å²) in [5.41, 5.74) is 1.62. The van der Waals surface area contributed by atoms with Crippen molar-refractivity contribution in [3.05, 3.63) is 49.8 Å². The van der Waals surface area contributed by atoms with Gasteiger partial charge in [-0.15, -0.1) is 0 Å². The van der Waals surface area contributed by atoms with Crippen molar-refractivity contribution in [3.63, 3.8) is 0 Å². The molecule has 0 unspecified atom stereocenters. The lowest BCUT2D eigenvalue weighted by Gasteiger charge is -2.11. The van der Waals surface area contributed by atoms with Crippen LogP contribution in [0.5, 0.6) is 5.75 Å². The van der Waals surface area contributed by atoms with Crippen LogP contribution in [0.15, 0.2) is 21.7 Å². The van der Waals surface area contributed by atoms with Crippen molar-refractivity contribution in [3.8, 4) is 5.75 Å². The van der Waals surface area contributed by atoms with Crippen molar-refractivity contribution >= 4 is 34.1 Å². The van der Waals surface area contributed by atoms with Gasteiger partial charge < -0.3 is 9.26 Å². The molecule has 0 radical (unpaired) electrons. The maximum absolute atomic E-state index is 12.8. The first kappa shape index (κ1) is 15.8. The van der Waals surface area contributed by atoms with Gasteiger partial charge >= 0.3 is 0 Å². The van der Waals surface area contributed by atoms with Crippen molar-refractivity contribution in [2.45, 2.75) is 20.4 Å². The van der Waals surface area contributed by atoms with Gasteiger partial charge in [0.15, 0.2) is 5.75 Å². The Morgan fingerprint density at radius 2 is 2.04 bits per heavy atom. The fourth-order valence-electron chi connectivity index (χ4n) is 2.44. The van der Waals surface area contributed by atoms with Gasteiger partial charge in [0.25, 0.3) is 5.56 Å². The quantitative estimate of drug-likeness (QED) is 0.721. The highest BCUT2D eigenvalue weighted by atomic mass is 35.5. The van der Waals surface area contributed by atoms with Crippen molar-refractivity contribution < 1.29 is 9.26 Å². The second kappa shape index (κ2) is 5.86. The van der Waals surface area contributed by atoms with Gasteiger partial charge in [0.2, 0.25) is 0 Å². The van der Waals surface area contributed by atoms with Crippen molar-refractivity contribution in [1.29, 1.82) is 0 Å². The van der Waals surface area contributed by atoms with E-state index in [2.05, 4.69) is 10.1 Å². The van der Waals surface area contributed by atoms with Gasteiger partial charge in [-0.2, -0.15) is 0 Å². The summed E-state index contributed by atoms with van der Waals surface area (Å²) in [7, 11) is 1.46. The van der Waals surface area contributed by atoms with E-state index in [0.717, 1.165) is 11.3 Å². The minimum Gasteiger partial charge on any atom is -0.493 e. The molecule has 0 aliphatic rings. The molecule has 23 heavy (non-hydrogen) atoms. The smallest absolute Gasteiger partial charge is 0.263 e. The minimum absolute atomic E-state index is 0.233. The first-order valence-corrected chi connectivity index (χ1v) is 7.52. The summed E-state index contributed by atoms with van der Waals surface area (Å²) in [6.45, 7) is 3.91. The Hall–Kier alpha value is -2.05. The van der Waals surface area contributed by atoms with E-state index in [-0.39, 0.29) is 16.0 Å². The number of hydrogen-bond donors (Lipinski definition) is 0. The Bertz CT molecular complexity index is 943. The summed E-state index contributed by atoms with van der Waals surface area (Å²) >= 11 is 12.3. The molecule has 2 heterocycles. The molecule has 3 rings (SSSR count). The molecule has 0 N–H and O–H groups in total. The number of aromatic nitrogens is 3. The zero-order chi connectivity index (χ0) is 16.7. The van der Waals surface area contributed by atoms with Crippen molar-refractivity contribution in [1.82, 2.24) is 14.7 Å². The van der Waals surface area contributed by atoms with Gasteiger partial charge in [0.1, 0.15) is 11.3 Å². The summed E-state index contributed by atoms with van der Waals surface area (Å²) in [4.78, 5) is 17.1. The molecule has 120 valence electrons. The third-order valence-electron chi connectivity index (χ3n) is 3.68. The second-order valence-electron chi connectivity index (χ2n) is 5.08. The topological polar surface area (TPSA) is 70.2 Å². The highest BCUT2D eigenvalue weighted by Gasteiger charge is 2.18. The maximum Gasteiger partial charge on any atom is 0.263 e. The third kappa shape index (κ3) is 2.58. The molecule has 6 nitrogen and oxygen atoms in total. The van der Waals surface area contributed by atoms with Crippen LogP contribution in [0.2, 0.25) is 10.0 Å². The molecule has 1 aromatic carbocycles. The van der Waals surface area contributed by atoms with Gasteiger partial charge in [-0.1, -0.05) is 28.4 Å². The molecule has 0 atom stereocenters. The largest absolute Gasteiger partial charge is 0.493 e. The van der Waals surface area contributed by atoms with Crippen molar-refractivity contribution in [2.24, 2.45) is 0 Å². The van der Waals surface area contributed by atoms with E-state index in [1.165, 1.54) is 24.1 Å². The standard InChI is InChI=1S/C15H13Cl2N3O3/c1-7-9(8(2)23-19-7)5-20-6-18-13-12(15(20)21)10(16)4-11(17)14(13)22-3/h4,6H,5H2,1-3H3. The number of benzene rings is 1. The Morgan fingerprint density at radius 1 is 1.30 bits per heavy atom. The SMILES string of the molecule is COc1c(Cl)cc(Cl)c2c(=O)n(Cc3c(C)noc3C)cnc12.